The van der Waals surface area contributed by atoms with Gasteiger partial charge in [0, 0.05) is 0 Å². The number of benzene rings is 1. The minimum absolute atomic E-state index is 0.233. The molecule has 0 saturated heterocycles. The third kappa shape index (κ3) is 1.94. The molecule has 12 heavy (non-hydrogen) atoms. The standard InChI is InChI=1S/C10H11Cl2/c1-3-7(2)8-5-4-6-9(11)10(8)12/h4-7H,2-3H2,1H3. The first kappa shape index (κ1) is 9.88. The zero-order chi connectivity index (χ0) is 9.14. The molecule has 1 aromatic rings. The molecule has 0 nitrogen and oxygen atoms in total. The Morgan fingerprint density at radius 1 is 1.42 bits per heavy atom. The second-order valence-corrected chi connectivity index (χ2v) is 3.53. The predicted octanol–water partition coefficient (Wildman–Crippen LogP) is 4.32. The molecular weight excluding hydrogens is 191 g/mol. The molecule has 1 atom stereocenters. The minimum atomic E-state index is 0.233. The van der Waals surface area contributed by atoms with Gasteiger partial charge in [-0.1, -0.05) is 42.3 Å². The molecule has 1 rings (SSSR count). The van der Waals surface area contributed by atoms with Gasteiger partial charge in [0.15, 0.2) is 0 Å². The van der Waals surface area contributed by atoms with Crippen molar-refractivity contribution in [3.63, 3.8) is 0 Å². The Morgan fingerprint density at radius 3 is 2.67 bits per heavy atom. The van der Waals surface area contributed by atoms with Crippen LogP contribution in [0, 0.1) is 6.92 Å². The van der Waals surface area contributed by atoms with Gasteiger partial charge in [0.1, 0.15) is 0 Å². The van der Waals surface area contributed by atoms with Crippen LogP contribution in [0.5, 0.6) is 0 Å². The van der Waals surface area contributed by atoms with Crippen molar-refractivity contribution in [3.05, 3.63) is 40.7 Å². The molecule has 1 radical (unpaired) electrons. The zero-order valence-electron chi connectivity index (χ0n) is 6.98. The maximum absolute atomic E-state index is 5.99. The lowest BCUT2D eigenvalue weighted by molar-refractivity contribution is 0.802. The van der Waals surface area contributed by atoms with Gasteiger partial charge < -0.3 is 0 Å². The zero-order valence-corrected chi connectivity index (χ0v) is 8.49. The van der Waals surface area contributed by atoms with Crippen LogP contribution in [-0.4, -0.2) is 0 Å². The van der Waals surface area contributed by atoms with E-state index in [-0.39, 0.29) is 5.92 Å². The van der Waals surface area contributed by atoms with E-state index >= 15 is 0 Å². The van der Waals surface area contributed by atoms with Gasteiger partial charge in [0.25, 0.3) is 0 Å². The SMILES string of the molecule is [CH2]C(CC)c1cccc(Cl)c1Cl. The van der Waals surface area contributed by atoms with Crippen molar-refractivity contribution in [1.29, 1.82) is 0 Å². The van der Waals surface area contributed by atoms with Crippen LogP contribution in [-0.2, 0) is 0 Å². The largest absolute Gasteiger partial charge is 0.0827 e. The normalized spacial score (nSPS) is 13.0. The van der Waals surface area contributed by atoms with E-state index in [9.17, 15) is 0 Å². The highest BCUT2D eigenvalue weighted by atomic mass is 35.5. The predicted molar refractivity (Wildman–Crippen MR) is 54.9 cm³/mol. The van der Waals surface area contributed by atoms with Gasteiger partial charge in [-0.05, 0) is 30.9 Å². The average molecular weight is 202 g/mol. The molecule has 0 bridgehead atoms. The van der Waals surface area contributed by atoms with E-state index in [2.05, 4.69) is 13.8 Å². The van der Waals surface area contributed by atoms with Gasteiger partial charge in [-0.2, -0.15) is 0 Å². The number of hydrogen-bond acceptors (Lipinski definition) is 0. The number of halogens is 2. The summed E-state index contributed by atoms with van der Waals surface area (Å²) >= 11 is 11.9. The van der Waals surface area contributed by atoms with Gasteiger partial charge >= 0.3 is 0 Å². The molecule has 0 saturated carbocycles. The molecular formula is C10H11Cl2. The second-order valence-electron chi connectivity index (χ2n) is 2.75. The highest BCUT2D eigenvalue weighted by Gasteiger charge is 2.09. The average Bonchev–Trinajstić information content (AvgIpc) is 2.08. The molecule has 65 valence electrons. The van der Waals surface area contributed by atoms with Crippen LogP contribution in [0.15, 0.2) is 18.2 Å². The highest BCUT2D eigenvalue weighted by Crippen LogP contribution is 2.31. The summed E-state index contributed by atoms with van der Waals surface area (Å²) in [7, 11) is 0. The summed E-state index contributed by atoms with van der Waals surface area (Å²) in [5.74, 6) is 0.233. The van der Waals surface area contributed by atoms with Gasteiger partial charge in [-0.3, -0.25) is 0 Å². The lowest BCUT2D eigenvalue weighted by Gasteiger charge is -2.11. The fourth-order valence-electron chi connectivity index (χ4n) is 1.06. The van der Waals surface area contributed by atoms with Crippen LogP contribution in [0.3, 0.4) is 0 Å². The summed E-state index contributed by atoms with van der Waals surface area (Å²) in [6, 6.07) is 5.66. The van der Waals surface area contributed by atoms with Crippen LogP contribution >= 0.6 is 23.2 Å². The molecule has 0 spiro atoms. The van der Waals surface area contributed by atoms with Crippen molar-refractivity contribution in [2.24, 2.45) is 0 Å². The van der Waals surface area contributed by atoms with Crippen molar-refractivity contribution in [2.45, 2.75) is 19.3 Å². The van der Waals surface area contributed by atoms with E-state index in [1.807, 2.05) is 12.1 Å². The molecule has 1 aromatic carbocycles. The van der Waals surface area contributed by atoms with E-state index in [4.69, 9.17) is 23.2 Å². The molecule has 0 aliphatic rings. The maximum Gasteiger partial charge on any atom is 0.0627 e. The van der Waals surface area contributed by atoms with Crippen molar-refractivity contribution < 1.29 is 0 Å². The smallest absolute Gasteiger partial charge is 0.0627 e. The Bertz CT molecular complexity index is 269. The molecule has 2 heteroatoms. The first-order valence-corrected chi connectivity index (χ1v) is 4.69. The van der Waals surface area contributed by atoms with E-state index in [0.717, 1.165) is 12.0 Å². The third-order valence-corrected chi connectivity index (χ3v) is 2.75. The highest BCUT2D eigenvalue weighted by molar-refractivity contribution is 6.42. The molecule has 0 N–H and O–H groups in total. The second kappa shape index (κ2) is 4.15. The first-order valence-electron chi connectivity index (χ1n) is 3.93. The molecule has 0 aliphatic heterocycles. The Hall–Kier alpha value is -0.200. The van der Waals surface area contributed by atoms with Crippen molar-refractivity contribution in [3.8, 4) is 0 Å². The Labute approximate surface area is 83.5 Å². The van der Waals surface area contributed by atoms with Crippen molar-refractivity contribution in [1.82, 2.24) is 0 Å². The van der Waals surface area contributed by atoms with Crippen LogP contribution < -0.4 is 0 Å². The summed E-state index contributed by atoms with van der Waals surface area (Å²) in [4.78, 5) is 0. The van der Waals surface area contributed by atoms with Crippen LogP contribution in [0.2, 0.25) is 10.0 Å². The van der Waals surface area contributed by atoms with Gasteiger partial charge in [-0.15, -0.1) is 0 Å². The van der Waals surface area contributed by atoms with Gasteiger partial charge in [0.05, 0.1) is 10.0 Å². The monoisotopic (exact) mass is 201 g/mol. The summed E-state index contributed by atoms with van der Waals surface area (Å²) in [6.07, 6.45) is 0.972. The molecule has 0 fully saturated rings. The summed E-state index contributed by atoms with van der Waals surface area (Å²) in [5.41, 5.74) is 1.03. The van der Waals surface area contributed by atoms with Gasteiger partial charge in [-0.25, -0.2) is 0 Å². The quantitative estimate of drug-likeness (QED) is 0.669. The summed E-state index contributed by atoms with van der Waals surface area (Å²) < 4.78 is 0. The van der Waals surface area contributed by atoms with Crippen molar-refractivity contribution in [2.75, 3.05) is 0 Å². The fraction of sp³-hybridized carbons (Fsp3) is 0.300. The molecule has 0 amide bonds. The topological polar surface area (TPSA) is 0 Å². The fourth-order valence-corrected chi connectivity index (χ4v) is 1.52. The lowest BCUT2D eigenvalue weighted by Crippen LogP contribution is -1.92. The third-order valence-electron chi connectivity index (χ3n) is 1.91. The molecule has 0 heterocycles. The van der Waals surface area contributed by atoms with Crippen LogP contribution in [0.4, 0.5) is 0 Å². The molecule has 0 aliphatic carbocycles. The van der Waals surface area contributed by atoms with E-state index < -0.39 is 0 Å². The number of hydrogen-bond donors (Lipinski definition) is 0. The summed E-state index contributed by atoms with van der Waals surface area (Å²) in [5, 5.41) is 1.25. The lowest BCUT2D eigenvalue weighted by atomic mass is 9.99. The van der Waals surface area contributed by atoms with Crippen molar-refractivity contribution >= 4 is 23.2 Å². The van der Waals surface area contributed by atoms with E-state index in [1.54, 1.807) is 6.07 Å². The minimum Gasteiger partial charge on any atom is -0.0827 e. The Morgan fingerprint density at radius 2 is 2.08 bits per heavy atom. The first-order chi connectivity index (χ1) is 5.66. The molecule has 0 aromatic heterocycles. The Balaban J connectivity index is 3.07. The van der Waals surface area contributed by atoms with Crippen LogP contribution in [0.1, 0.15) is 24.8 Å². The summed E-state index contributed by atoms with van der Waals surface area (Å²) in [6.45, 7) is 6.06. The van der Waals surface area contributed by atoms with Gasteiger partial charge in [0.2, 0.25) is 0 Å². The van der Waals surface area contributed by atoms with E-state index in [0.29, 0.717) is 10.0 Å². The maximum atomic E-state index is 5.99. The Kier molecular flexibility index (Phi) is 3.42. The van der Waals surface area contributed by atoms with E-state index in [1.165, 1.54) is 0 Å². The van der Waals surface area contributed by atoms with Crippen LogP contribution in [0.25, 0.3) is 0 Å². The molecule has 1 unspecified atom stereocenters. The number of rotatable bonds is 2.